The Morgan fingerprint density at radius 3 is 2.23 bits per heavy atom. The van der Waals surface area contributed by atoms with Gasteiger partial charge in [0.15, 0.2) is 0 Å². The molecule has 2 aromatic rings. The van der Waals surface area contributed by atoms with Gasteiger partial charge in [-0.2, -0.15) is 0 Å². The minimum atomic E-state index is -0.626. The van der Waals surface area contributed by atoms with Gasteiger partial charge in [-0.25, -0.2) is 4.39 Å². The standard InChI is InChI=1S/C25H32FNO4/c26-22-11-9-20(10-12-22)24(25(30)27-13-5-2-6-14-27)23(21(15-28)16-29)18-31-17-19-7-3-1-4-8-19/h1,3-4,7-12,21,23-24,28-29H,2,5-6,13-18H2. The average Bonchev–Trinajstić information content (AvgIpc) is 2.82. The zero-order valence-corrected chi connectivity index (χ0v) is 17.8. The topological polar surface area (TPSA) is 70.0 Å². The number of likely N-dealkylation sites (tertiary alicyclic amines) is 1. The summed E-state index contributed by atoms with van der Waals surface area (Å²) >= 11 is 0. The van der Waals surface area contributed by atoms with Crippen LogP contribution in [0.1, 0.15) is 36.3 Å². The highest BCUT2D eigenvalue weighted by Crippen LogP contribution is 2.34. The van der Waals surface area contributed by atoms with Gasteiger partial charge >= 0.3 is 0 Å². The largest absolute Gasteiger partial charge is 0.396 e. The lowest BCUT2D eigenvalue weighted by molar-refractivity contribution is -0.137. The predicted molar refractivity (Wildman–Crippen MR) is 117 cm³/mol. The van der Waals surface area contributed by atoms with Crippen molar-refractivity contribution in [3.63, 3.8) is 0 Å². The number of benzene rings is 2. The lowest BCUT2D eigenvalue weighted by atomic mass is 9.77. The van der Waals surface area contributed by atoms with Gasteiger partial charge in [0, 0.05) is 38.1 Å². The molecular formula is C25H32FNO4. The molecule has 5 nitrogen and oxygen atoms in total. The maximum atomic E-state index is 13.6. The van der Waals surface area contributed by atoms with Gasteiger partial charge in [0.2, 0.25) is 5.91 Å². The molecule has 0 radical (unpaired) electrons. The number of aliphatic hydroxyl groups excluding tert-OH is 2. The minimum Gasteiger partial charge on any atom is -0.396 e. The van der Waals surface area contributed by atoms with Gasteiger partial charge in [-0.3, -0.25) is 4.79 Å². The second-order valence-corrected chi connectivity index (χ2v) is 8.20. The van der Waals surface area contributed by atoms with E-state index in [0.29, 0.717) is 25.3 Å². The summed E-state index contributed by atoms with van der Waals surface area (Å²) in [5.41, 5.74) is 1.68. The van der Waals surface area contributed by atoms with Crippen LogP contribution >= 0.6 is 0 Å². The van der Waals surface area contributed by atoms with Gasteiger partial charge in [0.05, 0.1) is 19.1 Å². The lowest BCUT2D eigenvalue weighted by Gasteiger charge is -2.36. The van der Waals surface area contributed by atoms with E-state index in [-0.39, 0.29) is 31.5 Å². The molecule has 0 saturated carbocycles. The normalized spacial score (nSPS) is 16.3. The van der Waals surface area contributed by atoms with Crippen molar-refractivity contribution in [2.75, 3.05) is 32.9 Å². The van der Waals surface area contributed by atoms with Crippen LogP contribution in [0.25, 0.3) is 0 Å². The van der Waals surface area contributed by atoms with E-state index in [2.05, 4.69) is 0 Å². The van der Waals surface area contributed by atoms with Crippen LogP contribution in [0.2, 0.25) is 0 Å². The molecule has 0 bridgehead atoms. The predicted octanol–water partition coefficient (Wildman–Crippen LogP) is 3.36. The van der Waals surface area contributed by atoms with Crippen LogP contribution in [0.4, 0.5) is 4.39 Å². The Morgan fingerprint density at radius 1 is 0.968 bits per heavy atom. The Bertz CT molecular complexity index is 789. The van der Waals surface area contributed by atoms with Gasteiger partial charge < -0.3 is 19.8 Å². The summed E-state index contributed by atoms with van der Waals surface area (Å²) in [6, 6.07) is 15.7. The first-order valence-electron chi connectivity index (χ1n) is 11.0. The van der Waals surface area contributed by atoms with E-state index in [1.54, 1.807) is 12.1 Å². The summed E-state index contributed by atoms with van der Waals surface area (Å²) in [5, 5.41) is 19.9. The number of rotatable bonds is 10. The van der Waals surface area contributed by atoms with Gasteiger partial charge in [-0.1, -0.05) is 42.5 Å². The molecule has 1 heterocycles. The third kappa shape index (κ3) is 6.35. The number of nitrogens with zero attached hydrogens (tertiary/aromatic N) is 1. The number of carbonyl (C=O) groups is 1. The van der Waals surface area contributed by atoms with Gasteiger partial charge in [-0.05, 0) is 42.5 Å². The molecule has 1 aliphatic rings. The molecule has 31 heavy (non-hydrogen) atoms. The van der Waals surface area contributed by atoms with Crippen molar-refractivity contribution >= 4 is 5.91 Å². The molecule has 0 aliphatic carbocycles. The molecule has 0 aromatic heterocycles. The fourth-order valence-corrected chi connectivity index (χ4v) is 4.27. The summed E-state index contributed by atoms with van der Waals surface area (Å²) in [5.74, 6) is -2.02. The molecule has 1 aliphatic heterocycles. The Morgan fingerprint density at radius 2 is 1.61 bits per heavy atom. The number of halogens is 1. The second-order valence-electron chi connectivity index (χ2n) is 8.20. The van der Waals surface area contributed by atoms with Crippen LogP contribution in [-0.2, 0) is 16.1 Å². The Kier molecular flexibility index (Phi) is 9.00. The van der Waals surface area contributed by atoms with E-state index < -0.39 is 17.8 Å². The van der Waals surface area contributed by atoms with Crippen molar-refractivity contribution < 1.29 is 24.1 Å². The minimum absolute atomic E-state index is 0.0495. The van der Waals surface area contributed by atoms with Crippen LogP contribution < -0.4 is 0 Å². The molecule has 2 aromatic carbocycles. The zero-order valence-electron chi connectivity index (χ0n) is 17.8. The molecular weight excluding hydrogens is 397 g/mol. The molecule has 6 heteroatoms. The Hall–Kier alpha value is -2.28. The summed E-state index contributed by atoms with van der Waals surface area (Å²) in [4.78, 5) is 15.5. The smallest absolute Gasteiger partial charge is 0.230 e. The molecule has 1 fully saturated rings. The van der Waals surface area contributed by atoms with E-state index in [1.165, 1.54) is 12.1 Å². The summed E-state index contributed by atoms with van der Waals surface area (Å²) in [6.45, 7) is 1.42. The number of carbonyl (C=O) groups excluding carboxylic acids is 1. The quantitative estimate of drug-likeness (QED) is 0.608. The van der Waals surface area contributed by atoms with Gasteiger partial charge in [0.1, 0.15) is 5.82 Å². The summed E-state index contributed by atoms with van der Waals surface area (Å²) in [7, 11) is 0. The number of amides is 1. The average molecular weight is 430 g/mol. The van der Waals surface area contributed by atoms with Crippen LogP contribution in [0.3, 0.4) is 0 Å². The number of ether oxygens (including phenoxy) is 1. The first kappa shape index (κ1) is 23.4. The van der Waals surface area contributed by atoms with Crippen LogP contribution in [0.5, 0.6) is 0 Å². The first-order valence-corrected chi connectivity index (χ1v) is 11.0. The number of piperidine rings is 1. The first-order chi connectivity index (χ1) is 15.1. The third-order valence-corrected chi connectivity index (χ3v) is 6.09. The van der Waals surface area contributed by atoms with E-state index in [1.807, 2.05) is 35.2 Å². The van der Waals surface area contributed by atoms with Crippen molar-refractivity contribution in [1.82, 2.24) is 4.90 Å². The third-order valence-electron chi connectivity index (χ3n) is 6.09. The van der Waals surface area contributed by atoms with E-state index in [4.69, 9.17) is 4.74 Å². The molecule has 2 N–H and O–H groups in total. The Labute approximate surface area is 183 Å². The molecule has 1 amide bonds. The van der Waals surface area contributed by atoms with Crippen molar-refractivity contribution in [2.24, 2.45) is 11.8 Å². The highest BCUT2D eigenvalue weighted by Gasteiger charge is 2.38. The van der Waals surface area contributed by atoms with Crippen molar-refractivity contribution in [3.05, 3.63) is 71.5 Å². The van der Waals surface area contributed by atoms with Crippen molar-refractivity contribution in [2.45, 2.75) is 31.8 Å². The Balaban J connectivity index is 1.86. The van der Waals surface area contributed by atoms with Crippen LogP contribution in [0.15, 0.2) is 54.6 Å². The fourth-order valence-electron chi connectivity index (χ4n) is 4.27. The molecule has 168 valence electrons. The molecule has 2 unspecified atom stereocenters. The van der Waals surface area contributed by atoms with E-state index in [0.717, 1.165) is 24.8 Å². The maximum Gasteiger partial charge on any atom is 0.230 e. The van der Waals surface area contributed by atoms with Crippen molar-refractivity contribution in [1.29, 1.82) is 0 Å². The van der Waals surface area contributed by atoms with Crippen molar-refractivity contribution in [3.8, 4) is 0 Å². The van der Waals surface area contributed by atoms with Gasteiger partial charge in [0.25, 0.3) is 0 Å². The van der Waals surface area contributed by atoms with Crippen LogP contribution in [0, 0.1) is 17.7 Å². The highest BCUT2D eigenvalue weighted by molar-refractivity contribution is 5.84. The van der Waals surface area contributed by atoms with Crippen LogP contribution in [-0.4, -0.2) is 53.9 Å². The number of hydrogen-bond donors (Lipinski definition) is 2. The monoisotopic (exact) mass is 429 g/mol. The number of aliphatic hydroxyl groups is 2. The van der Waals surface area contributed by atoms with E-state index >= 15 is 0 Å². The molecule has 1 saturated heterocycles. The fraction of sp³-hybridized carbons (Fsp3) is 0.480. The lowest BCUT2D eigenvalue weighted by Crippen LogP contribution is -2.44. The second kappa shape index (κ2) is 11.9. The summed E-state index contributed by atoms with van der Waals surface area (Å²) in [6.07, 6.45) is 3.02. The number of hydrogen-bond acceptors (Lipinski definition) is 4. The van der Waals surface area contributed by atoms with E-state index in [9.17, 15) is 19.4 Å². The molecule has 0 spiro atoms. The molecule has 2 atom stereocenters. The SMILES string of the molecule is O=C(C(c1ccc(F)cc1)C(COCc1ccccc1)C(CO)CO)N1CCCCC1. The maximum absolute atomic E-state index is 13.6. The van der Waals surface area contributed by atoms with Gasteiger partial charge in [-0.15, -0.1) is 0 Å². The molecule has 3 rings (SSSR count). The highest BCUT2D eigenvalue weighted by atomic mass is 19.1. The summed E-state index contributed by atoms with van der Waals surface area (Å²) < 4.78 is 19.6. The zero-order chi connectivity index (χ0) is 22.1.